The second kappa shape index (κ2) is 3.16. The lowest BCUT2D eigenvalue weighted by atomic mass is 10.2. The summed E-state index contributed by atoms with van der Waals surface area (Å²) in [5.74, 6) is 0.328. The number of nitrogens with zero attached hydrogens (tertiary/aromatic N) is 1. The maximum atomic E-state index is 10.7. The zero-order valence-electron chi connectivity index (χ0n) is 7.89. The predicted octanol–water partition coefficient (Wildman–Crippen LogP) is 1.93. The summed E-state index contributed by atoms with van der Waals surface area (Å²) in [6.45, 7) is 0. The zero-order chi connectivity index (χ0) is 11.0. The Kier molecular flexibility index (Phi) is 1.96. The van der Waals surface area contributed by atoms with Crippen LogP contribution in [0.2, 0.25) is 0 Å². The third-order valence-corrected chi connectivity index (χ3v) is 2.08. The van der Waals surface area contributed by atoms with Crippen molar-refractivity contribution in [1.82, 2.24) is 0 Å². The van der Waals surface area contributed by atoms with E-state index in [4.69, 9.17) is 14.9 Å². The van der Waals surface area contributed by atoms with Gasteiger partial charge in [-0.2, -0.15) is 0 Å². The number of nitrogens with two attached hydrogens (primary N) is 1. The molecule has 0 unspecified atom stereocenters. The van der Waals surface area contributed by atoms with Crippen LogP contribution in [0.3, 0.4) is 0 Å². The van der Waals surface area contributed by atoms with Crippen LogP contribution >= 0.6 is 0 Å². The quantitative estimate of drug-likeness (QED) is 0.601. The van der Waals surface area contributed by atoms with E-state index >= 15 is 0 Å². The molecular weight excluding hydrogens is 200 g/mol. The predicted molar refractivity (Wildman–Crippen MR) is 53.8 cm³/mol. The van der Waals surface area contributed by atoms with Gasteiger partial charge < -0.3 is 14.9 Å². The van der Waals surface area contributed by atoms with Gasteiger partial charge in [-0.15, -0.1) is 0 Å². The molecule has 0 saturated heterocycles. The monoisotopic (exact) mass is 208 g/mol. The van der Waals surface area contributed by atoms with Crippen molar-refractivity contribution in [3.8, 4) is 5.75 Å². The van der Waals surface area contributed by atoms with Gasteiger partial charge in [-0.25, -0.2) is 0 Å². The standard InChI is InChI=1S/C9H8N2O4/c1-14-5-2-3-7-6(4-5)8(11(12)13)9(10)15-7/h2-4H,10H2,1H3. The highest BCUT2D eigenvalue weighted by Crippen LogP contribution is 2.36. The zero-order valence-corrected chi connectivity index (χ0v) is 7.89. The molecule has 0 bridgehead atoms. The number of ether oxygens (including phenoxy) is 1. The van der Waals surface area contributed by atoms with Crippen LogP contribution in [0.5, 0.6) is 5.75 Å². The Morgan fingerprint density at radius 2 is 2.27 bits per heavy atom. The molecule has 2 N–H and O–H groups in total. The van der Waals surface area contributed by atoms with Crippen LogP contribution in [0, 0.1) is 10.1 Å². The minimum absolute atomic E-state index is 0.191. The van der Waals surface area contributed by atoms with Crippen molar-refractivity contribution in [2.75, 3.05) is 12.8 Å². The van der Waals surface area contributed by atoms with Crippen LogP contribution in [0.1, 0.15) is 0 Å². The summed E-state index contributed by atoms with van der Waals surface area (Å²) in [7, 11) is 1.48. The van der Waals surface area contributed by atoms with Gasteiger partial charge in [0.1, 0.15) is 16.7 Å². The SMILES string of the molecule is COc1ccc2oc(N)c([N+](=O)[O-])c2c1. The van der Waals surface area contributed by atoms with Gasteiger partial charge in [0.25, 0.3) is 5.88 Å². The van der Waals surface area contributed by atoms with Gasteiger partial charge in [-0.1, -0.05) is 0 Å². The molecule has 0 aliphatic heterocycles. The third kappa shape index (κ3) is 1.35. The summed E-state index contributed by atoms with van der Waals surface area (Å²) >= 11 is 0. The summed E-state index contributed by atoms with van der Waals surface area (Å²) in [5, 5.41) is 11.1. The van der Waals surface area contributed by atoms with Crippen molar-refractivity contribution >= 4 is 22.5 Å². The van der Waals surface area contributed by atoms with E-state index < -0.39 is 4.92 Å². The number of methoxy groups -OCH3 is 1. The average Bonchev–Trinajstić information content (AvgIpc) is 2.52. The van der Waals surface area contributed by atoms with Crippen molar-refractivity contribution in [3.05, 3.63) is 28.3 Å². The minimum Gasteiger partial charge on any atom is -0.497 e. The van der Waals surface area contributed by atoms with E-state index in [1.54, 1.807) is 12.1 Å². The lowest BCUT2D eigenvalue weighted by Crippen LogP contribution is -1.91. The molecule has 6 nitrogen and oxygen atoms in total. The largest absolute Gasteiger partial charge is 0.497 e. The fourth-order valence-corrected chi connectivity index (χ4v) is 1.40. The van der Waals surface area contributed by atoms with Crippen LogP contribution < -0.4 is 10.5 Å². The fraction of sp³-hybridized carbons (Fsp3) is 0.111. The van der Waals surface area contributed by atoms with E-state index in [1.807, 2.05) is 0 Å². The first-order valence-corrected chi connectivity index (χ1v) is 4.14. The number of rotatable bonds is 2. The van der Waals surface area contributed by atoms with Gasteiger partial charge in [0.05, 0.1) is 12.0 Å². The van der Waals surface area contributed by atoms with Gasteiger partial charge in [0.15, 0.2) is 0 Å². The fourth-order valence-electron chi connectivity index (χ4n) is 1.40. The molecule has 1 aromatic heterocycles. The van der Waals surface area contributed by atoms with E-state index in [9.17, 15) is 10.1 Å². The highest BCUT2D eigenvalue weighted by molar-refractivity contribution is 5.93. The highest BCUT2D eigenvalue weighted by Gasteiger charge is 2.22. The molecular formula is C9H8N2O4. The van der Waals surface area contributed by atoms with Gasteiger partial charge in [-0.05, 0) is 18.2 Å². The first-order chi connectivity index (χ1) is 7.13. The lowest BCUT2D eigenvalue weighted by Gasteiger charge is -1.96. The molecule has 0 aliphatic rings. The summed E-state index contributed by atoms with van der Waals surface area (Å²) in [4.78, 5) is 10.2. The molecule has 0 spiro atoms. The number of nitro groups is 1. The minimum atomic E-state index is -0.569. The second-order valence-corrected chi connectivity index (χ2v) is 2.93. The number of anilines is 1. The first kappa shape index (κ1) is 9.32. The molecule has 78 valence electrons. The third-order valence-electron chi connectivity index (χ3n) is 2.08. The molecule has 0 amide bonds. The lowest BCUT2D eigenvalue weighted by molar-refractivity contribution is -0.382. The summed E-state index contributed by atoms with van der Waals surface area (Å²) in [6, 6.07) is 4.75. The Labute approximate surface area is 84.4 Å². The van der Waals surface area contributed by atoms with E-state index in [0.717, 1.165) is 0 Å². The summed E-state index contributed by atoms with van der Waals surface area (Å²) < 4.78 is 10.0. The van der Waals surface area contributed by atoms with Crippen molar-refractivity contribution in [3.63, 3.8) is 0 Å². The van der Waals surface area contributed by atoms with E-state index in [1.165, 1.54) is 13.2 Å². The van der Waals surface area contributed by atoms with Gasteiger partial charge in [-0.3, -0.25) is 10.1 Å². The Morgan fingerprint density at radius 1 is 1.53 bits per heavy atom. The summed E-state index contributed by atoms with van der Waals surface area (Å²) in [6.07, 6.45) is 0. The Hall–Kier alpha value is -2.24. The second-order valence-electron chi connectivity index (χ2n) is 2.93. The van der Waals surface area contributed by atoms with Crippen molar-refractivity contribution < 1.29 is 14.1 Å². The van der Waals surface area contributed by atoms with E-state index in [-0.39, 0.29) is 11.6 Å². The molecule has 0 atom stereocenters. The number of benzene rings is 1. The van der Waals surface area contributed by atoms with Crippen molar-refractivity contribution in [1.29, 1.82) is 0 Å². The van der Waals surface area contributed by atoms with Crippen LogP contribution in [-0.2, 0) is 0 Å². The molecule has 15 heavy (non-hydrogen) atoms. The normalized spacial score (nSPS) is 10.5. The van der Waals surface area contributed by atoms with E-state index in [0.29, 0.717) is 16.7 Å². The average molecular weight is 208 g/mol. The van der Waals surface area contributed by atoms with E-state index in [2.05, 4.69) is 0 Å². The molecule has 0 aliphatic carbocycles. The highest BCUT2D eigenvalue weighted by atomic mass is 16.6. The van der Waals surface area contributed by atoms with Gasteiger partial charge >= 0.3 is 5.69 Å². The van der Waals surface area contributed by atoms with Gasteiger partial charge in [0.2, 0.25) is 0 Å². The number of furan rings is 1. The van der Waals surface area contributed by atoms with Crippen molar-refractivity contribution in [2.24, 2.45) is 0 Å². The molecule has 0 fully saturated rings. The molecule has 2 aromatic rings. The van der Waals surface area contributed by atoms with Crippen LogP contribution in [-0.4, -0.2) is 12.0 Å². The van der Waals surface area contributed by atoms with Crippen LogP contribution in [0.4, 0.5) is 11.6 Å². The number of nitrogen functional groups attached to an aromatic ring is 1. The Bertz CT molecular complexity index is 532. The molecule has 6 heteroatoms. The van der Waals surface area contributed by atoms with Crippen LogP contribution in [0.15, 0.2) is 22.6 Å². The maximum Gasteiger partial charge on any atom is 0.339 e. The number of hydrogen-bond acceptors (Lipinski definition) is 5. The maximum absolute atomic E-state index is 10.7. The first-order valence-electron chi connectivity index (χ1n) is 4.14. The Morgan fingerprint density at radius 3 is 2.87 bits per heavy atom. The number of hydrogen-bond donors (Lipinski definition) is 1. The Balaban J connectivity index is 2.77. The van der Waals surface area contributed by atoms with Gasteiger partial charge in [0, 0.05) is 0 Å². The summed E-state index contributed by atoms with van der Waals surface area (Å²) in [5.41, 5.74) is 5.55. The molecule has 1 heterocycles. The molecule has 2 rings (SSSR count). The van der Waals surface area contributed by atoms with Crippen LogP contribution in [0.25, 0.3) is 11.0 Å². The topological polar surface area (TPSA) is 91.5 Å². The molecule has 1 aromatic carbocycles. The number of fused-ring (bicyclic) bond motifs is 1. The van der Waals surface area contributed by atoms with Crippen molar-refractivity contribution in [2.45, 2.75) is 0 Å². The smallest absolute Gasteiger partial charge is 0.339 e. The molecule has 0 radical (unpaired) electrons. The molecule has 0 saturated carbocycles.